The van der Waals surface area contributed by atoms with Crippen LogP contribution < -0.4 is 5.01 Å². The number of hydrogen-bond donors (Lipinski definition) is 0. The van der Waals surface area contributed by atoms with Crippen LogP contribution in [-0.2, 0) is 9.59 Å². The maximum absolute atomic E-state index is 13.1. The minimum atomic E-state index is -0.227. The fourth-order valence-electron chi connectivity index (χ4n) is 3.53. The number of nitrogens with zero attached hydrogens (tertiary/aromatic N) is 2. The Balaban J connectivity index is 1.89. The number of benzene rings is 1. The highest BCUT2D eigenvalue weighted by Crippen LogP contribution is 2.60. The largest absolute Gasteiger partial charge is 0.273 e. The van der Waals surface area contributed by atoms with E-state index in [0.29, 0.717) is 12.2 Å². The second-order valence-electron chi connectivity index (χ2n) is 7.09. The minimum absolute atomic E-state index is 0.0152. The molecule has 1 heterocycles. The number of hydrogen-bond acceptors (Lipinski definition) is 2. The summed E-state index contributed by atoms with van der Waals surface area (Å²) in [5.41, 5.74) is 0.490. The summed E-state index contributed by atoms with van der Waals surface area (Å²) in [6.45, 7) is 6.27. The van der Waals surface area contributed by atoms with E-state index in [1.807, 2.05) is 51.1 Å². The number of allylic oxidation sites excluding steroid dienone is 1. The average molecular weight is 367 g/mol. The summed E-state index contributed by atoms with van der Waals surface area (Å²) in [7, 11) is 0. The molecule has 0 spiro atoms. The van der Waals surface area contributed by atoms with Gasteiger partial charge in [0, 0.05) is 0 Å². The van der Waals surface area contributed by atoms with Gasteiger partial charge in [0.05, 0.1) is 24.1 Å². The summed E-state index contributed by atoms with van der Waals surface area (Å²) in [5.74, 6) is -0.581. The van der Waals surface area contributed by atoms with Crippen LogP contribution >= 0.6 is 23.2 Å². The van der Waals surface area contributed by atoms with Gasteiger partial charge in [-0.3, -0.25) is 9.59 Å². The van der Waals surface area contributed by atoms with Crippen LogP contribution in [0.1, 0.15) is 20.8 Å². The third-order valence-corrected chi connectivity index (χ3v) is 5.31. The number of amides is 2. The molecule has 0 aromatic heterocycles. The van der Waals surface area contributed by atoms with Crippen molar-refractivity contribution in [3.63, 3.8) is 0 Å². The molecule has 2 amide bonds. The number of carbonyl (C=O) groups excluding carboxylic acids is 2. The Hall–Kier alpha value is -1.52. The Morgan fingerprint density at radius 3 is 2.46 bits per heavy atom. The standard InChI is InChI=1S/C18H20Cl2N2O2/c1-11-10-21(22(16(11)23)12-7-5-4-6-8-12)17(24)15-13(9-14(19)20)18(15,2)3/h4-9,11,13,15H,10H2,1-3H3. The van der Waals surface area contributed by atoms with Crippen molar-refractivity contribution in [3.8, 4) is 0 Å². The van der Waals surface area contributed by atoms with Crippen molar-refractivity contribution in [3.05, 3.63) is 40.9 Å². The van der Waals surface area contributed by atoms with Gasteiger partial charge in [-0.1, -0.05) is 62.2 Å². The first-order valence-electron chi connectivity index (χ1n) is 7.98. The Kier molecular flexibility index (Phi) is 4.39. The molecular formula is C18H20Cl2N2O2. The van der Waals surface area contributed by atoms with Crippen molar-refractivity contribution in [1.29, 1.82) is 0 Å². The summed E-state index contributed by atoms with van der Waals surface area (Å²) >= 11 is 11.6. The van der Waals surface area contributed by atoms with Crippen LogP contribution in [-0.4, -0.2) is 23.4 Å². The Morgan fingerprint density at radius 1 is 1.25 bits per heavy atom. The zero-order valence-electron chi connectivity index (χ0n) is 13.9. The lowest BCUT2D eigenvalue weighted by Crippen LogP contribution is -2.44. The van der Waals surface area contributed by atoms with Crippen molar-refractivity contribution in [1.82, 2.24) is 5.01 Å². The lowest BCUT2D eigenvalue weighted by atomic mass is 10.1. The van der Waals surface area contributed by atoms with E-state index in [1.165, 1.54) is 5.01 Å². The molecule has 0 bridgehead atoms. The molecule has 3 rings (SSSR count). The molecule has 6 heteroatoms. The first kappa shape index (κ1) is 17.3. The van der Waals surface area contributed by atoms with E-state index in [-0.39, 0.29) is 39.5 Å². The van der Waals surface area contributed by atoms with Crippen LogP contribution in [0.15, 0.2) is 40.9 Å². The summed E-state index contributed by atoms with van der Waals surface area (Å²) in [6, 6.07) is 9.26. The summed E-state index contributed by atoms with van der Waals surface area (Å²) < 4.78 is 0.175. The molecule has 1 saturated heterocycles. The van der Waals surface area contributed by atoms with Crippen molar-refractivity contribution < 1.29 is 9.59 Å². The van der Waals surface area contributed by atoms with Crippen LogP contribution in [0.4, 0.5) is 5.69 Å². The number of anilines is 1. The number of rotatable bonds is 3. The number of hydrazine groups is 1. The molecule has 2 fully saturated rings. The van der Waals surface area contributed by atoms with Gasteiger partial charge >= 0.3 is 0 Å². The van der Waals surface area contributed by atoms with E-state index in [2.05, 4.69) is 0 Å². The van der Waals surface area contributed by atoms with E-state index >= 15 is 0 Å². The molecule has 1 aliphatic carbocycles. The first-order valence-corrected chi connectivity index (χ1v) is 8.74. The van der Waals surface area contributed by atoms with E-state index in [1.54, 1.807) is 11.1 Å². The van der Waals surface area contributed by atoms with Gasteiger partial charge in [-0.15, -0.1) is 0 Å². The summed E-state index contributed by atoms with van der Waals surface area (Å²) in [5, 5.41) is 3.08. The van der Waals surface area contributed by atoms with E-state index in [9.17, 15) is 9.59 Å². The fourth-order valence-corrected chi connectivity index (χ4v) is 3.80. The molecule has 1 saturated carbocycles. The predicted molar refractivity (Wildman–Crippen MR) is 95.4 cm³/mol. The van der Waals surface area contributed by atoms with Gasteiger partial charge in [0.15, 0.2) is 0 Å². The zero-order chi connectivity index (χ0) is 17.6. The minimum Gasteiger partial charge on any atom is -0.273 e. The lowest BCUT2D eigenvalue weighted by molar-refractivity contribution is -0.134. The maximum Gasteiger partial charge on any atom is 0.250 e. The SMILES string of the molecule is CC1CN(C(=O)C2C(C=C(Cl)Cl)C2(C)C)N(c2ccccc2)C1=O. The van der Waals surface area contributed by atoms with Gasteiger partial charge in [0.25, 0.3) is 5.91 Å². The molecule has 1 aliphatic heterocycles. The smallest absolute Gasteiger partial charge is 0.250 e. The lowest BCUT2D eigenvalue weighted by Gasteiger charge is -2.28. The number of carbonyl (C=O) groups is 2. The molecule has 0 N–H and O–H groups in total. The van der Waals surface area contributed by atoms with Crippen LogP contribution in [0.2, 0.25) is 0 Å². The van der Waals surface area contributed by atoms with Crippen LogP contribution in [0, 0.1) is 23.2 Å². The van der Waals surface area contributed by atoms with E-state index in [0.717, 1.165) is 0 Å². The Labute approximate surface area is 152 Å². The van der Waals surface area contributed by atoms with Crippen LogP contribution in [0.5, 0.6) is 0 Å². The first-order chi connectivity index (χ1) is 11.2. The van der Waals surface area contributed by atoms with Crippen LogP contribution in [0.25, 0.3) is 0 Å². The molecule has 1 aromatic carbocycles. The highest BCUT2D eigenvalue weighted by molar-refractivity contribution is 6.55. The molecule has 2 aliphatic rings. The molecule has 1 aromatic rings. The monoisotopic (exact) mass is 366 g/mol. The van der Waals surface area contributed by atoms with Crippen molar-refractivity contribution in [2.75, 3.05) is 11.6 Å². The van der Waals surface area contributed by atoms with Gasteiger partial charge in [-0.2, -0.15) is 0 Å². The maximum atomic E-state index is 13.1. The fraction of sp³-hybridized carbons (Fsp3) is 0.444. The van der Waals surface area contributed by atoms with Gasteiger partial charge in [-0.05, 0) is 29.5 Å². The normalized spacial score (nSPS) is 28.0. The predicted octanol–water partition coefficient (Wildman–Crippen LogP) is 4.00. The molecule has 3 atom stereocenters. The van der Waals surface area contributed by atoms with Crippen molar-refractivity contribution in [2.45, 2.75) is 20.8 Å². The Bertz CT molecular complexity index is 698. The second kappa shape index (κ2) is 6.08. The third kappa shape index (κ3) is 2.82. The van der Waals surface area contributed by atoms with Crippen LogP contribution in [0.3, 0.4) is 0 Å². The average Bonchev–Trinajstić information content (AvgIpc) is 2.90. The van der Waals surface area contributed by atoms with Gasteiger partial charge in [-0.25, -0.2) is 10.0 Å². The molecule has 0 radical (unpaired) electrons. The molecule has 4 nitrogen and oxygen atoms in total. The Morgan fingerprint density at radius 2 is 1.88 bits per heavy atom. The third-order valence-electron chi connectivity index (χ3n) is 5.06. The van der Waals surface area contributed by atoms with E-state index < -0.39 is 0 Å². The van der Waals surface area contributed by atoms with Crippen molar-refractivity contribution >= 4 is 40.7 Å². The topological polar surface area (TPSA) is 40.6 Å². The highest BCUT2D eigenvalue weighted by Gasteiger charge is 2.63. The highest BCUT2D eigenvalue weighted by atomic mass is 35.5. The number of halogens is 2. The van der Waals surface area contributed by atoms with Gasteiger partial charge < -0.3 is 0 Å². The zero-order valence-corrected chi connectivity index (χ0v) is 15.4. The van der Waals surface area contributed by atoms with Gasteiger partial charge in [0.1, 0.15) is 4.49 Å². The molecular weight excluding hydrogens is 347 g/mol. The molecule has 3 unspecified atom stereocenters. The van der Waals surface area contributed by atoms with E-state index in [4.69, 9.17) is 23.2 Å². The quantitative estimate of drug-likeness (QED) is 0.810. The summed E-state index contributed by atoms with van der Waals surface area (Å²) in [4.78, 5) is 25.7. The summed E-state index contributed by atoms with van der Waals surface area (Å²) in [6.07, 6.45) is 1.72. The van der Waals surface area contributed by atoms with Crippen molar-refractivity contribution in [2.24, 2.45) is 23.2 Å². The molecule has 128 valence electrons. The molecule has 24 heavy (non-hydrogen) atoms. The second-order valence-corrected chi connectivity index (χ2v) is 8.10. The van der Waals surface area contributed by atoms with Gasteiger partial charge in [0.2, 0.25) is 5.91 Å². The number of para-hydroxylation sites is 1.